The molecule has 2 amide bonds. The van der Waals surface area contributed by atoms with E-state index >= 15 is 0 Å². The third-order valence-electron chi connectivity index (χ3n) is 2.94. The average Bonchev–Trinajstić information content (AvgIpc) is 2.33. The molecule has 0 saturated heterocycles. The van der Waals surface area contributed by atoms with Crippen LogP contribution in [0, 0.1) is 12.8 Å². The van der Waals surface area contributed by atoms with E-state index in [1.807, 2.05) is 45.0 Å². The Labute approximate surface area is 121 Å². The maximum Gasteiger partial charge on any atom is 0.223 e. The van der Waals surface area contributed by atoms with Crippen molar-refractivity contribution in [1.82, 2.24) is 5.32 Å². The summed E-state index contributed by atoms with van der Waals surface area (Å²) in [5.41, 5.74) is 1.98. The first-order valence-electron chi connectivity index (χ1n) is 7.01. The number of nitrogens with one attached hydrogen (secondary N) is 1. The van der Waals surface area contributed by atoms with Crippen molar-refractivity contribution in [2.24, 2.45) is 5.92 Å². The number of benzene rings is 1. The molecule has 1 aromatic carbocycles. The molecule has 0 saturated carbocycles. The van der Waals surface area contributed by atoms with Gasteiger partial charge < -0.3 is 10.2 Å². The van der Waals surface area contributed by atoms with Gasteiger partial charge in [0.05, 0.1) is 0 Å². The molecule has 1 aromatic rings. The molecule has 0 heterocycles. The van der Waals surface area contributed by atoms with Crippen LogP contribution in [0.4, 0.5) is 5.69 Å². The number of anilines is 1. The minimum Gasteiger partial charge on any atom is -0.354 e. The van der Waals surface area contributed by atoms with Crippen molar-refractivity contribution in [3.05, 3.63) is 29.8 Å². The molecule has 110 valence electrons. The molecule has 1 rings (SSSR count). The maximum atomic E-state index is 11.7. The minimum atomic E-state index is -0.0197. The second kappa shape index (κ2) is 7.68. The monoisotopic (exact) mass is 276 g/mol. The Kier molecular flexibility index (Phi) is 6.22. The zero-order valence-corrected chi connectivity index (χ0v) is 12.8. The predicted molar refractivity (Wildman–Crippen MR) is 81.7 cm³/mol. The van der Waals surface area contributed by atoms with Crippen molar-refractivity contribution in [2.45, 2.75) is 34.1 Å². The Morgan fingerprint density at radius 3 is 2.55 bits per heavy atom. The van der Waals surface area contributed by atoms with Gasteiger partial charge in [-0.3, -0.25) is 9.59 Å². The van der Waals surface area contributed by atoms with Gasteiger partial charge in [0.25, 0.3) is 0 Å². The van der Waals surface area contributed by atoms with Crippen LogP contribution in [-0.2, 0) is 9.59 Å². The van der Waals surface area contributed by atoms with Crippen LogP contribution in [0.25, 0.3) is 0 Å². The first-order chi connectivity index (χ1) is 9.40. The molecule has 0 fully saturated rings. The fourth-order valence-electron chi connectivity index (χ4n) is 2.01. The van der Waals surface area contributed by atoms with Crippen LogP contribution < -0.4 is 10.2 Å². The van der Waals surface area contributed by atoms with Crippen LogP contribution in [0.3, 0.4) is 0 Å². The Morgan fingerprint density at radius 2 is 2.00 bits per heavy atom. The number of rotatable bonds is 6. The minimum absolute atomic E-state index is 0.0197. The lowest BCUT2D eigenvalue weighted by Crippen LogP contribution is -2.37. The number of amides is 2. The van der Waals surface area contributed by atoms with Gasteiger partial charge in [-0.1, -0.05) is 26.0 Å². The molecule has 0 unspecified atom stereocenters. The fourth-order valence-corrected chi connectivity index (χ4v) is 2.01. The van der Waals surface area contributed by atoms with E-state index in [9.17, 15) is 9.59 Å². The predicted octanol–water partition coefficient (Wildman–Crippen LogP) is 2.51. The van der Waals surface area contributed by atoms with Gasteiger partial charge >= 0.3 is 0 Å². The lowest BCUT2D eigenvalue weighted by Gasteiger charge is -2.22. The van der Waals surface area contributed by atoms with E-state index in [2.05, 4.69) is 5.32 Å². The second-order valence-electron chi connectivity index (χ2n) is 5.46. The topological polar surface area (TPSA) is 49.4 Å². The second-order valence-corrected chi connectivity index (χ2v) is 5.46. The summed E-state index contributed by atoms with van der Waals surface area (Å²) >= 11 is 0. The molecule has 4 nitrogen and oxygen atoms in total. The van der Waals surface area contributed by atoms with Gasteiger partial charge in [-0.05, 0) is 30.5 Å². The molecular formula is C16H24N2O2. The summed E-state index contributed by atoms with van der Waals surface area (Å²) in [5.74, 6) is 0.358. The van der Waals surface area contributed by atoms with Crippen LogP contribution in [0.5, 0.6) is 0 Å². The van der Waals surface area contributed by atoms with Crippen molar-refractivity contribution in [3.8, 4) is 0 Å². The third-order valence-corrected chi connectivity index (χ3v) is 2.94. The first kappa shape index (κ1) is 16.2. The number of hydrogen-bond donors (Lipinski definition) is 1. The number of nitrogens with zero attached hydrogens (tertiary/aromatic N) is 1. The Morgan fingerprint density at radius 1 is 1.30 bits per heavy atom. The molecule has 0 aliphatic rings. The molecule has 1 N–H and O–H groups in total. The van der Waals surface area contributed by atoms with E-state index in [0.29, 0.717) is 25.4 Å². The Bertz CT molecular complexity index is 469. The summed E-state index contributed by atoms with van der Waals surface area (Å²) < 4.78 is 0. The van der Waals surface area contributed by atoms with Crippen LogP contribution in [0.15, 0.2) is 24.3 Å². The van der Waals surface area contributed by atoms with Gasteiger partial charge in [0.2, 0.25) is 11.8 Å². The van der Waals surface area contributed by atoms with E-state index in [1.165, 1.54) is 6.92 Å². The molecule has 0 bridgehead atoms. The lowest BCUT2D eigenvalue weighted by molar-refractivity contribution is -0.122. The molecule has 0 atom stereocenters. The molecule has 0 aliphatic carbocycles. The molecule has 0 aliphatic heterocycles. The van der Waals surface area contributed by atoms with Gasteiger partial charge in [-0.2, -0.15) is 0 Å². The standard InChI is InChI=1S/C16H24N2O2/c1-12(2)10-16(20)17-8-9-18(14(4)19)15-7-5-6-13(3)11-15/h5-7,11-12H,8-10H2,1-4H3,(H,17,20). The highest BCUT2D eigenvalue weighted by molar-refractivity contribution is 5.91. The highest BCUT2D eigenvalue weighted by atomic mass is 16.2. The smallest absolute Gasteiger partial charge is 0.223 e. The highest BCUT2D eigenvalue weighted by Gasteiger charge is 2.12. The molecule has 4 heteroatoms. The number of hydrogen-bond acceptors (Lipinski definition) is 2. The van der Waals surface area contributed by atoms with Crippen molar-refractivity contribution in [1.29, 1.82) is 0 Å². The lowest BCUT2D eigenvalue weighted by atomic mass is 10.1. The van der Waals surface area contributed by atoms with Gasteiger partial charge in [0, 0.05) is 32.1 Å². The van der Waals surface area contributed by atoms with Crippen molar-refractivity contribution in [3.63, 3.8) is 0 Å². The quantitative estimate of drug-likeness (QED) is 0.868. The molecule has 20 heavy (non-hydrogen) atoms. The normalized spacial score (nSPS) is 10.4. The highest BCUT2D eigenvalue weighted by Crippen LogP contribution is 2.15. The van der Waals surface area contributed by atoms with Gasteiger partial charge in [0.15, 0.2) is 0 Å². The molecule has 0 aromatic heterocycles. The van der Waals surface area contributed by atoms with Crippen LogP contribution in [-0.4, -0.2) is 24.9 Å². The SMILES string of the molecule is CC(=O)N(CCNC(=O)CC(C)C)c1cccc(C)c1. The zero-order chi connectivity index (χ0) is 15.1. The van der Waals surface area contributed by atoms with Gasteiger partial charge in [0.1, 0.15) is 0 Å². The largest absolute Gasteiger partial charge is 0.354 e. The molecule has 0 radical (unpaired) electrons. The number of aryl methyl sites for hydroxylation is 1. The number of carbonyl (C=O) groups excluding carboxylic acids is 2. The van der Waals surface area contributed by atoms with Crippen LogP contribution in [0.2, 0.25) is 0 Å². The van der Waals surface area contributed by atoms with Gasteiger partial charge in [-0.15, -0.1) is 0 Å². The fraction of sp³-hybridized carbons (Fsp3) is 0.500. The maximum absolute atomic E-state index is 11.7. The number of carbonyl (C=O) groups is 2. The van der Waals surface area contributed by atoms with E-state index in [1.54, 1.807) is 4.90 Å². The van der Waals surface area contributed by atoms with Crippen LogP contribution in [0.1, 0.15) is 32.8 Å². The van der Waals surface area contributed by atoms with E-state index < -0.39 is 0 Å². The third kappa shape index (κ3) is 5.43. The summed E-state index contributed by atoms with van der Waals surface area (Å²) in [6, 6.07) is 7.80. The summed E-state index contributed by atoms with van der Waals surface area (Å²) in [4.78, 5) is 25.0. The average molecular weight is 276 g/mol. The Balaban J connectivity index is 2.57. The molecular weight excluding hydrogens is 252 g/mol. The van der Waals surface area contributed by atoms with E-state index in [4.69, 9.17) is 0 Å². The van der Waals surface area contributed by atoms with Crippen LogP contribution >= 0.6 is 0 Å². The first-order valence-corrected chi connectivity index (χ1v) is 7.01. The zero-order valence-electron chi connectivity index (χ0n) is 12.8. The van der Waals surface area contributed by atoms with Crippen molar-refractivity contribution < 1.29 is 9.59 Å². The molecule has 0 spiro atoms. The Hall–Kier alpha value is -1.84. The summed E-state index contributed by atoms with van der Waals surface area (Å²) in [6.07, 6.45) is 0.518. The van der Waals surface area contributed by atoms with E-state index in [0.717, 1.165) is 11.3 Å². The van der Waals surface area contributed by atoms with Crippen molar-refractivity contribution >= 4 is 17.5 Å². The van der Waals surface area contributed by atoms with E-state index in [-0.39, 0.29) is 11.8 Å². The summed E-state index contributed by atoms with van der Waals surface area (Å²) in [7, 11) is 0. The summed E-state index contributed by atoms with van der Waals surface area (Å²) in [5, 5.41) is 2.85. The van der Waals surface area contributed by atoms with Gasteiger partial charge in [-0.25, -0.2) is 0 Å². The summed E-state index contributed by atoms with van der Waals surface area (Å²) in [6.45, 7) is 8.51. The van der Waals surface area contributed by atoms with Crippen molar-refractivity contribution in [2.75, 3.05) is 18.0 Å².